The molecule has 94 valence electrons. The van der Waals surface area contributed by atoms with Crippen molar-refractivity contribution in [2.75, 3.05) is 7.05 Å². The van der Waals surface area contributed by atoms with Crippen molar-refractivity contribution in [3.63, 3.8) is 0 Å². The largest absolute Gasteiger partial charge is 0.316 e. The highest BCUT2D eigenvalue weighted by Gasteiger charge is 2.08. The summed E-state index contributed by atoms with van der Waals surface area (Å²) in [5, 5.41) is 3.72. The third-order valence-corrected chi connectivity index (χ3v) is 3.22. The molecule has 0 saturated carbocycles. The lowest BCUT2D eigenvalue weighted by Crippen LogP contribution is -2.04. The number of halogens is 2. The predicted molar refractivity (Wildman–Crippen MR) is 74.3 cm³/mol. The van der Waals surface area contributed by atoms with Gasteiger partial charge in [0.2, 0.25) is 0 Å². The summed E-state index contributed by atoms with van der Waals surface area (Å²) in [4.78, 5) is 0. The van der Waals surface area contributed by atoms with Crippen LogP contribution in [0.15, 0.2) is 36.4 Å². The Bertz CT molecular complexity index is 566. The first-order valence-corrected chi connectivity index (χ1v) is 6.19. The third-order valence-electron chi connectivity index (χ3n) is 2.90. The van der Waals surface area contributed by atoms with Crippen molar-refractivity contribution < 1.29 is 4.39 Å². The van der Waals surface area contributed by atoms with E-state index in [1.54, 1.807) is 6.07 Å². The van der Waals surface area contributed by atoms with Crippen LogP contribution in [0.4, 0.5) is 4.39 Å². The molecule has 0 aliphatic carbocycles. The second-order valence-electron chi connectivity index (χ2n) is 4.30. The average Bonchev–Trinajstić information content (AvgIpc) is 2.33. The molecule has 0 aliphatic rings. The Morgan fingerprint density at radius 2 is 1.89 bits per heavy atom. The van der Waals surface area contributed by atoms with E-state index >= 15 is 0 Å². The van der Waals surface area contributed by atoms with Crippen LogP contribution in [0.3, 0.4) is 0 Å². The van der Waals surface area contributed by atoms with Gasteiger partial charge in [-0.25, -0.2) is 4.39 Å². The molecule has 0 spiro atoms. The van der Waals surface area contributed by atoms with Gasteiger partial charge in [0.25, 0.3) is 0 Å². The summed E-state index contributed by atoms with van der Waals surface area (Å²) in [6.07, 6.45) is 0. The monoisotopic (exact) mass is 263 g/mol. The highest BCUT2D eigenvalue weighted by molar-refractivity contribution is 6.33. The molecule has 0 amide bonds. The number of rotatable bonds is 3. The Morgan fingerprint density at radius 1 is 1.11 bits per heavy atom. The molecule has 18 heavy (non-hydrogen) atoms. The summed E-state index contributed by atoms with van der Waals surface area (Å²) >= 11 is 6.27. The Balaban J connectivity index is 2.47. The van der Waals surface area contributed by atoms with Gasteiger partial charge in [0.1, 0.15) is 5.82 Å². The minimum absolute atomic E-state index is 0.244. The molecule has 2 aromatic rings. The molecule has 0 heterocycles. The van der Waals surface area contributed by atoms with Gasteiger partial charge in [-0.05, 0) is 48.9 Å². The van der Waals surface area contributed by atoms with Gasteiger partial charge in [-0.3, -0.25) is 0 Å². The van der Waals surface area contributed by atoms with Gasteiger partial charge in [0, 0.05) is 17.1 Å². The van der Waals surface area contributed by atoms with Crippen LogP contribution in [-0.4, -0.2) is 7.05 Å². The minimum Gasteiger partial charge on any atom is -0.316 e. The van der Waals surface area contributed by atoms with Crippen molar-refractivity contribution in [1.82, 2.24) is 5.32 Å². The van der Waals surface area contributed by atoms with Crippen molar-refractivity contribution in [2.45, 2.75) is 13.5 Å². The molecule has 1 N–H and O–H groups in total. The molecule has 0 aliphatic heterocycles. The zero-order chi connectivity index (χ0) is 13.1. The Hall–Kier alpha value is -1.38. The molecule has 3 heteroatoms. The molecule has 1 nitrogen and oxygen atoms in total. The van der Waals surface area contributed by atoms with E-state index in [4.69, 9.17) is 11.6 Å². The van der Waals surface area contributed by atoms with Crippen LogP contribution >= 0.6 is 11.6 Å². The maximum atomic E-state index is 13.3. The second kappa shape index (κ2) is 5.51. The summed E-state index contributed by atoms with van der Waals surface area (Å²) in [7, 11) is 1.89. The summed E-state index contributed by atoms with van der Waals surface area (Å²) in [5.74, 6) is -0.244. The van der Waals surface area contributed by atoms with Gasteiger partial charge in [0.15, 0.2) is 0 Å². The first-order valence-electron chi connectivity index (χ1n) is 5.81. The Morgan fingerprint density at radius 3 is 2.56 bits per heavy atom. The van der Waals surface area contributed by atoms with Crippen molar-refractivity contribution in [2.24, 2.45) is 0 Å². The molecule has 0 saturated heterocycles. The van der Waals surface area contributed by atoms with E-state index < -0.39 is 0 Å². The first-order chi connectivity index (χ1) is 8.61. The average molecular weight is 264 g/mol. The number of aryl methyl sites for hydroxylation is 1. The van der Waals surface area contributed by atoms with Crippen LogP contribution in [0.1, 0.15) is 11.1 Å². The molecular formula is C15H15ClFN. The lowest BCUT2D eigenvalue weighted by molar-refractivity contribution is 0.628. The quantitative estimate of drug-likeness (QED) is 0.876. The maximum Gasteiger partial charge on any atom is 0.123 e. The topological polar surface area (TPSA) is 12.0 Å². The van der Waals surface area contributed by atoms with Crippen LogP contribution in [0.25, 0.3) is 11.1 Å². The van der Waals surface area contributed by atoms with E-state index in [1.807, 2.05) is 32.2 Å². The fraction of sp³-hybridized carbons (Fsp3) is 0.200. The maximum absolute atomic E-state index is 13.3. The zero-order valence-electron chi connectivity index (χ0n) is 10.4. The first kappa shape index (κ1) is 13.1. The summed E-state index contributed by atoms with van der Waals surface area (Å²) in [6, 6.07) is 10.6. The molecule has 0 fully saturated rings. The molecule has 0 bridgehead atoms. The predicted octanol–water partition coefficient (Wildman–Crippen LogP) is 4.17. The lowest BCUT2D eigenvalue weighted by atomic mass is 9.99. The van der Waals surface area contributed by atoms with Gasteiger partial charge in [-0.15, -0.1) is 0 Å². The van der Waals surface area contributed by atoms with Gasteiger partial charge in [0.05, 0.1) is 0 Å². The molecule has 2 aromatic carbocycles. The van der Waals surface area contributed by atoms with Crippen molar-refractivity contribution in [1.29, 1.82) is 0 Å². The van der Waals surface area contributed by atoms with Crippen LogP contribution in [0.2, 0.25) is 5.02 Å². The standard InChI is InChI=1S/C15H15ClFN/c1-10-3-5-12(17)8-14(10)13-6-4-11(9-18-2)7-15(13)16/h3-8,18H,9H2,1-2H3. The molecule has 2 rings (SSSR count). The summed E-state index contributed by atoms with van der Waals surface area (Å²) in [5.41, 5.74) is 3.84. The highest BCUT2D eigenvalue weighted by Crippen LogP contribution is 2.31. The zero-order valence-corrected chi connectivity index (χ0v) is 11.2. The SMILES string of the molecule is CNCc1ccc(-c2cc(F)ccc2C)c(Cl)c1. The summed E-state index contributed by atoms with van der Waals surface area (Å²) in [6.45, 7) is 2.72. The smallest absolute Gasteiger partial charge is 0.123 e. The van der Waals surface area contributed by atoms with E-state index in [9.17, 15) is 4.39 Å². The normalized spacial score (nSPS) is 10.7. The van der Waals surface area contributed by atoms with Crippen molar-refractivity contribution in [3.8, 4) is 11.1 Å². The van der Waals surface area contributed by atoms with Gasteiger partial charge in [-0.1, -0.05) is 29.8 Å². The molecule has 0 radical (unpaired) electrons. The molecule has 0 aromatic heterocycles. The van der Waals surface area contributed by atoms with E-state index in [2.05, 4.69) is 5.32 Å². The van der Waals surface area contributed by atoms with Gasteiger partial charge < -0.3 is 5.32 Å². The van der Waals surface area contributed by atoms with Crippen LogP contribution in [0, 0.1) is 12.7 Å². The second-order valence-corrected chi connectivity index (χ2v) is 4.71. The third kappa shape index (κ3) is 2.71. The number of nitrogens with one attached hydrogen (secondary N) is 1. The lowest BCUT2D eigenvalue weighted by Gasteiger charge is -2.10. The molecular weight excluding hydrogens is 249 g/mol. The van der Waals surface area contributed by atoms with E-state index in [-0.39, 0.29) is 5.82 Å². The van der Waals surface area contributed by atoms with Crippen LogP contribution in [0.5, 0.6) is 0 Å². The molecule has 0 atom stereocenters. The summed E-state index contributed by atoms with van der Waals surface area (Å²) < 4.78 is 13.3. The number of hydrogen-bond donors (Lipinski definition) is 1. The van der Waals surface area contributed by atoms with Crippen LogP contribution < -0.4 is 5.32 Å². The Kier molecular flexibility index (Phi) is 4.00. The van der Waals surface area contributed by atoms with Crippen LogP contribution in [-0.2, 0) is 6.54 Å². The van der Waals surface area contributed by atoms with Gasteiger partial charge in [-0.2, -0.15) is 0 Å². The fourth-order valence-electron chi connectivity index (χ4n) is 1.98. The number of hydrogen-bond acceptors (Lipinski definition) is 1. The van der Waals surface area contributed by atoms with Crippen molar-refractivity contribution in [3.05, 3.63) is 58.4 Å². The fourth-order valence-corrected chi connectivity index (χ4v) is 2.28. The molecule has 0 unspecified atom stereocenters. The Labute approximate surface area is 112 Å². The highest BCUT2D eigenvalue weighted by atomic mass is 35.5. The van der Waals surface area contributed by atoms with E-state index in [0.717, 1.165) is 28.8 Å². The van der Waals surface area contributed by atoms with Gasteiger partial charge >= 0.3 is 0 Å². The van der Waals surface area contributed by atoms with E-state index in [1.165, 1.54) is 12.1 Å². The number of benzene rings is 2. The van der Waals surface area contributed by atoms with Crippen molar-refractivity contribution >= 4 is 11.6 Å². The minimum atomic E-state index is -0.244. The van der Waals surface area contributed by atoms with E-state index in [0.29, 0.717) is 5.02 Å².